The molecule has 1 aromatic carbocycles. The number of fused-ring (bicyclic) bond motifs is 1. The van der Waals surface area contributed by atoms with Gasteiger partial charge in [0.1, 0.15) is 18.4 Å². The van der Waals surface area contributed by atoms with Gasteiger partial charge in [0.25, 0.3) is 5.91 Å². The summed E-state index contributed by atoms with van der Waals surface area (Å²) in [6, 6.07) is 8.62. The molecule has 1 N–H and O–H groups in total. The third kappa shape index (κ3) is 4.50. The highest BCUT2D eigenvalue weighted by Crippen LogP contribution is 2.34. The largest absolute Gasteiger partial charge is 0.488 e. The van der Waals surface area contributed by atoms with E-state index in [-0.39, 0.29) is 13.2 Å². The van der Waals surface area contributed by atoms with Crippen LogP contribution in [0.2, 0.25) is 0 Å². The standard InChI is InChI=1S/C26H31N3O4S.H2/c1-16-4-9-23(25(30)27-16)29-11-21-22(26(29)31)15-34-24(21)14-33-20-7-5-19(6-8-20)10-28-17(2)12-32-13-18(28)3;/h5-8,15,17-18,23H,1,4,9-14H2,2-3H3,(H,27,30);1H/t17?,18?,23-;/m0./s1. The SMILES string of the molecule is C=C1CC[C@H](N2Cc3c(csc3COc3ccc(CN4C(C)COCC4C)cc3)C2=O)C(=O)N1.[HH]. The van der Waals surface area contributed by atoms with E-state index in [1.165, 1.54) is 5.56 Å². The van der Waals surface area contributed by atoms with Crippen molar-refractivity contribution in [2.24, 2.45) is 0 Å². The molecule has 2 amide bonds. The second-order valence-corrected chi connectivity index (χ2v) is 10.4. The Labute approximate surface area is 205 Å². The van der Waals surface area contributed by atoms with Crippen LogP contribution in [0.5, 0.6) is 5.75 Å². The Morgan fingerprint density at radius 1 is 1.21 bits per heavy atom. The molecule has 5 rings (SSSR count). The number of morpholine rings is 1. The van der Waals surface area contributed by atoms with E-state index in [1.807, 2.05) is 17.5 Å². The van der Waals surface area contributed by atoms with Crippen LogP contribution in [0.1, 0.15) is 54.5 Å². The van der Waals surface area contributed by atoms with Gasteiger partial charge in [0.15, 0.2) is 0 Å². The lowest BCUT2D eigenvalue weighted by Gasteiger charge is -2.38. The van der Waals surface area contributed by atoms with Crippen molar-refractivity contribution in [3.05, 3.63) is 63.5 Å². The average molecular weight is 484 g/mol. The van der Waals surface area contributed by atoms with Crippen molar-refractivity contribution >= 4 is 23.2 Å². The lowest BCUT2D eigenvalue weighted by atomic mass is 10.0. The van der Waals surface area contributed by atoms with Crippen molar-refractivity contribution in [3.63, 3.8) is 0 Å². The summed E-state index contributed by atoms with van der Waals surface area (Å²) in [6.45, 7) is 11.5. The Kier molecular flexibility index (Phi) is 6.46. The summed E-state index contributed by atoms with van der Waals surface area (Å²) in [5.41, 5.74) is 3.65. The number of ether oxygens (including phenoxy) is 2. The first-order valence-corrected chi connectivity index (χ1v) is 12.7. The maximum atomic E-state index is 12.9. The molecule has 0 aliphatic carbocycles. The number of hydrogen-bond donors (Lipinski definition) is 1. The number of carbonyl (C=O) groups excluding carboxylic acids is 2. The Hall–Kier alpha value is -2.68. The van der Waals surface area contributed by atoms with Crippen LogP contribution < -0.4 is 10.1 Å². The van der Waals surface area contributed by atoms with Gasteiger partial charge in [-0.2, -0.15) is 0 Å². The summed E-state index contributed by atoms with van der Waals surface area (Å²) in [7, 11) is 0. The van der Waals surface area contributed by atoms with Gasteiger partial charge in [-0.05, 0) is 44.4 Å². The Morgan fingerprint density at radius 2 is 1.94 bits per heavy atom. The number of amides is 2. The number of carbonyl (C=O) groups is 2. The van der Waals surface area contributed by atoms with E-state index in [9.17, 15) is 9.59 Å². The van der Waals surface area contributed by atoms with E-state index < -0.39 is 6.04 Å². The van der Waals surface area contributed by atoms with Crippen molar-refractivity contribution in [1.82, 2.24) is 15.1 Å². The number of rotatable bonds is 6. The number of piperidine rings is 1. The van der Waals surface area contributed by atoms with Gasteiger partial charge >= 0.3 is 0 Å². The highest BCUT2D eigenvalue weighted by atomic mass is 32.1. The zero-order valence-corrected chi connectivity index (χ0v) is 20.5. The van der Waals surface area contributed by atoms with Crippen molar-refractivity contribution in [3.8, 4) is 5.75 Å². The highest BCUT2D eigenvalue weighted by molar-refractivity contribution is 7.10. The van der Waals surface area contributed by atoms with Crippen molar-refractivity contribution < 1.29 is 20.5 Å². The average Bonchev–Trinajstić information content (AvgIpc) is 3.36. The fraction of sp³-hybridized carbons (Fsp3) is 0.462. The van der Waals surface area contributed by atoms with E-state index in [0.717, 1.165) is 41.6 Å². The normalized spacial score (nSPS) is 25.4. The number of allylic oxidation sites excluding steroid dienone is 1. The molecule has 3 aliphatic heterocycles. The fourth-order valence-electron chi connectivity index (χ4n) is 5.00. The molecule has 2 saturated heterocycles. The zero-order valence-electron chi connectivity index (χ0n) is 19.7. The van der Waals surface area contributed by atoms with Gasteiger partial charge < -0.3 is 19.7 Å². The Morgan fingerprint density at radius 3 is 2.65 bits per heavy atom. The molecule has 2 aromatic rings. The Bertz CT molecular complexity index is 1090. The molecule has 0 radical (unpaired) electrons. The molecule has 0 saturated carbocycles. The van der Waals surface area contributed by atoms with Gasteiger partial charge in [-0.15, -0.1) is 11.3 Å². The molecule has 2 unspecified atom stereocenters. The van der Waals surface area contributed by atoms with Gasteiger partial charge in [-0.25, -0.2) is 0 Å². The predicted octanol–water partition coefficient (Wildman–Crippen LogP) is 3.93. The number of hydrogen-bond acceptors (Lipinski definition) is 6. The summed E-state index contributed by atoms with van der Waals surface area (Å²) in [5, 5.41) is 4.68. The number of nitrogens with zero attached hydrogens (tertiary/aromatic N) is 2. The molecule has 7 nitrogen and oxygen atoms in total. The van der Waals surface area contributed by atoms with Crippen LogP contribution in [-0.2, 0) is 29.2 Å². The molecule has 34 heavy (non-hydrogen) atoms. The van der Waals surface area contributed by atoms with E-state index in [2.05, 4.69) is 42.8 Å². The molecular formula is C26H33N3O4S. The van der Waals surface area contributed by atoms with Crippen molar-refractivity contribution in [2.45, 2.75) is 64.5 Å². The fourth-order valence-corrected chi connectivity index (χ4v) is 5.95. The van der Waals surface area contributed by atoms with E-state index >= 15 is 0 Å². The van der Waals surface area contributed by atoms with Gasteiger partial charge in [-0.1, -0.05) is 18.7 Å². The quantitative estimate of drug-likeness (QED) is 0.674. The van der Waals surface area contributed by atoms with Gasteiger partial charge in [0, 0.05) is 48.1 Å². The second kappa shape index (κ2) is 9.52. The maximum absolute atomic E-state index is 12.9. The lowest BCUT2D eigenvalue weighted by Crippen LogP contribution is -2.49. The lowest BCUT2D eigenvalue weighted by molar-refractivity contribution is -0.126. The monoisotopic (exact) mass is 483 g/mol. The van der Waals surface area contributed by atoms with E-state index in [0.29, 0.717) is 43.6 Å². The zero-order chi connectivity index (χ0) is 23.8. The van der Waals surface area contributed by atoms with Crippen LogP contribution in [0.15, 0.2) is 41.9 Å². The van der Waals surface area contributed by atoms with Crippen LogP contribution in [0, 0.1) is 0 Å². The Balaban J connectivity index is 0.00000289. The van der Waals surface area contributed by atoms with Crippen LogP contribution in [0.4, 0.5) is 0 Å². The molecule has 3 aliphatic rings. The first kappa shape index (κ1) is 23.1. The summed E-state index contributed by atoms with van der Waals surface area (Å²) >= 11 is 1.55. The minimum absolute atomic E-state index is 0. The van der Waals surface area contributed by atoms with E-state index in [1.54, 1.807) is 16.2 Å². The van der Waals surface area contributed by atoms with Crippen LogP contribution in [0.3, 0.4) is 0 Å². The molecule has 0 bridgehead atoms. The third-order valence-corrected chi connectivity index (χ3v) is 8.01. The number of benzene rings is 1. The summed E-state index contributed by atoms with van der Waals surface area (Å²) in [4.78, 5) is 30.5. The second-order valence-electron chi connectivity index (χ2n) is 9.47. The van der Waals surface area contributed by atoms with Crippen molar-refractivity contribution in [1.29, 1.82) is 0 Å². The molecular weight excluding hydrogens is 450 g/mol. The molecule has 3 atom stereocenters. The predicted molar refractivity (Wildman–Crippen MR) is 133 cm³/mol. The third-order valence-electron chi connectivity index (χ3n) is 7.01. The summed E-state index contributed by atoms with van der Waals surface area (Å²) in [6.07, 6.45) is 1.31. The molecule has 0 spiro atoms. The topological polar surface area (TPSA) is 71.1 Å². The molecule has 4 heterocycles. The van der Waals surface area contributed by atoms with Crippen LogP contribution in [-0.4, -0.2) is 53.0 Å². The minimum Gasteiger partial charge on any atom is -0.488 e. The van der Waals surface area contributed by atoms with Crippen molar-refractivity contribution in [2.75, 3.05) is 13.2 Å². The summed E-state index contributed by atoms with van der Waals surface area (Å²) < 4.78 is 11.7. The number of nitrogens with one attached hydrogen (secondary N) is 1. The van der Waals surface area contributed by atoms with Gasteiger partial charge in [0.05, 0.1) is 18.8 Å². The van der Waals surface area contributed by atoms with Crippen LogP contribution in [0.25, 0.3) is 0 Å². The highest BCUT2D eigenvalue weighted by Gasteiger charge is 2.39. The molecule has 8 heteroatoms. The number of thiophene rings is 1. The molecule has 182 valence electrons. The first-order chi connectivity index (χ1) is 16.4. The van der Waals surface area contributed by atoms with E-state index in [4.69, 9.17) is 9.47 Å². The maximum Gasteiger partial charge on any atom is 0.256 e. The molecule has 1 aromatic heterocycles. The summed E-state index contributed by atoms with van der Waals surface area (Å²) in [5.74, 6) is 0.596. The first-order valence-electron chi connectivity index (χ1n) is 11.8. The molecule has 2 fully saturated rings. The van der Waals surface area contributed by atoms with Crippen LogP contribution >= 0.6 is 11.3 Å². The van der Waals surface area contributed by atoms with Gasteiger partial charge in [0.2, 0.25) is 5.91 Å². The van der Waals surface area contributed by atoms with Gasteiger partial charge in [-0.3, -0.25) is 14.5 Å². The smallest absolute Gasteiger partial charge is 0.256 e. The minimum atomic E-state index is -0.436.